The monoisotopic (exact) mass is 268 g/mol. The van der Waals surface area contributed by atoms with Gasteiger partial charge in [0.1, 0.15) is 11.5 Å². The Hall–Kier alpha value is -1.49. The summed E-state index contributed by atoms with van der Waals surface area (Å²) in [5.41, 5.74) is 1.12. The van der Waals surface area contributed by atoms with Crippen LogP contribution in [0, 0.1) is 25.5 Å². The summed E-state index contributed by atoms with van der Waals surface area (Å²) in [6.45, 7) is 5.34. The van der Waals surface area contributed by atoms with Gasteiger partial charge >= 0.3 is 0 Å². The number of thiazole rings is 1. The number of hydrogen-bond donors (Lipinski definition) is 1. The van der Waals surface area contributed by atoms with Gasteiger partial charge in [-0.15, -0.1) is 11.3 Å². The van der Waals surface area contributed by atoms with Crippen LogP contribution >= 0.6 is 11.3 Å². The first-order valence-electron chi connectivity index (χ1n) is 5.62. The zero-order valence-electron chi connectivity index (χ0n) is 10.4. The Morgan fingerprint density at radius 2 is 2.00 bits per heavy atom. The summed E-state index contributed by atoms with van der Waals surface area (Å²) in [6, 6.07) is 2.45. The summed E-state index contributed by atoms with van der Waals surface area (Å²) >= 11 is 1.52. The molecule has 1 heterocycles. The Bertz CT molecular complexity index is 566. The predicted octanol–water partition coefficient (Wildman–Crippen LogP) is 4.21. The maximum atomic E-state index is 13.8. The lowest BCUT2D eigenvalue weighted by atomic mass is 10.1. The Morgan fingerprint density at radius 1 is 1.28 bits per heavy atom. The van der Waals surface area contributed by atoms with Crippen LogP contribution in [0.3, 0.4) is 0 Å². The lowest BCUT2D eigenvalue weighted by Crippen LogP contribution is -2.10. The van der Waals surface area contributed by atoms with Crippen molar-refractivity contribution in [3.8, 4) is 0 Å². The van der Waals surface area contributed by atoms with E-state index in [4.69, 9.17) is 0 Å². The van der Waals surface area contributed by atoms with Crippen molar-refractivity contribution < 1.29 is 8.78 Å². The van der Waals surface area contributed by atoms with Crippen LogP contribution in [0.15, 0.2) is 17.5 Å². The van der Waals surface area contributed by atoms with Gasteiger partial charge in [-0.2, -0.15) is 0 Å². The molecule has 0 saturated heterocycles. The minimum Gasteiger partial charge on any atom is -0.372 e. The van der Waals surface area contributed by atoms with Crippen molar-refractivity contribution in [2.24, 2.45) is 0 Å². The number of halogens is 2. The van der Waals surface area contributed by atoms with Crippen molar-refractivity contribution in [1.29, 1.82) is 0 Å². The van der Waals surface area contributed by atoms with Gasteiger partial charge in [0, 0.05) is 5.38 Å². The molecule has 18 heavy (non-hydrogen) atoms. The molecule has 0 aliphatic rings. The minimum absolute atomic E-state index is 0.0897. The highest BCUT2D eigenvalue weighted by molar-refractivity contribution is 7.09. The number of rotatable bonds is 3. The molecular formula is C13H14F2N2S. The van der Waals surface area contributed by atoms with Crippen molar-refractivity contribution in [3.05, 3.63) is 45.4 Å². The van der Waals surface area contributed by atoms with Crippen molar-refractivity contribution >= 4 is 17.0 Å². The Balaban J connectivity index is 2.27. The number of nitrogens with one attached hydrogen (secondary N) is 1. The van der Waals surface area contributed by atoms with E-state index in [1.54, 1.807) is 6.92 Å². The molecule has 2 rings (SSSR count). The number of nitrogens with zero attached hydrogens (tertiary/aromatic N) is 1. The molecule has 96 valence electrons. The first-order chi connectivity index (χ1) is 8.49. The highest BCUT2D eigenvalue weighted by Gasteiger charge is 2.16. The molecule has 1 aromatic carbocycles. The highest BCUT2D eigenvalue weighted by atomic mass is 32.1. The third-order valence-electron chi connectivity index (χ3n) is 2.73. The van der Waals surface area contributed by atoms with E-state index in [-0.39, 0.29) is 11.7 Å². The van der Waals surface area contributed by atoms with Crippen LogP contribution in [-0.2, 0) is 0 Å². The molecule has 0 bridgehead atoms. The minimum atomic E-state index is -0.586. The number of anilines is 1. The summed E-state index contributed by atoms with van der Waals surface area (Å²) in [5.74, 6) is -1.13. The van der Waals surface area contributed by atoms with E-state index in [9.17, 15) is 8.78 Å². The zero-order chi connectivity index (χ0) is 13.3. The van der Waals surface area contributed by atoms with E-state index in [1.807, 2.05) is 19.2 Å². The molecule has 0 spiro atoms. The van der Waals surface area contributed by atoms with Gasteiger partial charge < -0.3 is 5.32 Å². The molecule has 0 aliphatic heterocycles. The third kappa shape index (κ3) is 2.51. The molecule has 0 saturated carbocycles. The predicted molar refractivity (Wildman–Crippen MR) is 70.0 cm³/mol. The van der Waals surface area contributed by atoms with Crippen LogP contribution in [-0.4, -0.2) is 4.98 Å². The number of hydrogen-bond acceptors (Lipinski definition) is 3. The van der Waals surface area contributed by atoms with Gasteiger partial charge in [-0.25, -0.2) is 13.8 Å². The first kappa shape index (κ1) is 13.0. The summed E-state index contributed by atoms with van der Waals surface area (Å²) in [4.78, 5) is 4.30. The third-order valence-corrected chi connectivity index (χ3v) is 3.52. The summed E-state index contributed by atoms with van der Waals surface area (Å²) in [6.07, 6.45) is 0. The molecule has 0 amide bonds. The molecule has 1 atom stereocenters. The van der Waals surface area contributed by atoms with Gasteiger partial charge in [-0.1, -0.05) is 6.07 Å². The normalized spacial score (nSPS) is 12.5. The van der Waals surface area contributed by atoms with E-state index in [2.05, 4.69) is 10.3 Å². The van der Waals surface area contributed by atoms with Crippen molar-refractivity contribution in [1.82, 2.24) is 4.98 Å². The molecule has 2 nitrogen and oxygen atoms in total. The molecular weight excluding hydrogens is 254 g/mol. The van der Waals surface area contributed by atoms with Crippen molar-refractivity contribution in [3.63, 3.8) is 0 Å². The van der Waals surface area contributed by atoms with E-state index >= 15 is 0 Å². The molecule has 1 unspecified atom stereocenters. The fourth-order valence-electron chi connectivity index (χ4n) is 1.66. The van der Waals surface area contributed by atoms with Crippen LogP contribution < -0.4 is 5.32 Å². The quantitative estimate of drug-likeness (QED) is 0.902. The van der Waals surface area contributed by atoms with Crippen molar-refractivity contribution in [2.45, 2.75) is 26.8 Å². The first-order valence-corrected chi connectivity index (χ1v) is 6.50. The van der Waals surface area contributed by atoms with Gasteiger partial charge in [0.15, 0.2) is 5.82 Å². The maximum Gasteiger partial charge on any atom is 0.152 e. The van der Waals surface area contributed by atoms with Gasteiger partial charge in [0.05, 0.1) is 16.7 Å². The fourth-order valence-corrected chi connectivity index (χ4v) is 2.36. The van der Waals surface area contributed by atoms with E-state index in [1.165, 1.54) is 23.5 Å². The number of benzene rings is 1. The van der Waals surface area contributed by atoms with E-state index in [0.29, 0.717) is 5.56 Å². The van der Waals surface area contributed by atoms with Gasteiger partial charge in [-0.05, 0) is 32.4 Å². The number of aromatic nitrogens is 1. The maximum absolute atomic E-state index is 13.8. The van der Waals surface area contributed by atoms with E-state index in [0.717, 1.165) is 10.7 Å². The van der Waals surface area contributed by atoms with Crippen LogP contribution in [0.5, 0.6) is 0 Å². The lowest BCUT2D eigenvalue weighted by Gasteiger charge is -2.15. The van der Waals surface area contributed by atoms with Crippen LogP contribution in [0.2, 0.25) is 0 Å². The molecule has 2 aromatic rings. The average molecular weight is 268 g/mol. The smallest absolute Gasteiger partial charge is 0.152 e. The number of aryl methyl sites for hydroxylation is 2. The van der Waals surface area contributed by atoms with Crippen LogP contribution in [0.1, 0.15) is 29.2 Å². The molecule has 1 N–H and O–H groups in total. The van der Waals surface area contributed by atoms with Gasteiger partial charge in [0.25, 0.3) is 0 Å². The van der Waals surface area contributed by atoms with Gasteiger partial charge in [0.2, 0.25) is 0 Å². The standard InChI is InChI=1S/C13H14F2N2S/c1-7-4-5-10(14)13(12(7)15)16-8(2)11-6-18-9(3)17-11/h4-6,8,16H,1-3H3. The van der Waals surface area contributed by atoms with Crippen molar-refractivity contribution in [2.75, 3.05) is 5.32 Å². The van der Waals surface area contributed by atoms with E-state index < -0.39 is 11.6 Å². The zero-order valence-corrected chi connectivity index (χ0v) is 11.2. The second-order valence-corrected chi connectivity index (χ2v) is 5.27. The topological polar surface area (TPSA) is 24.9 Å². The summed E-state index contributed by atoms with van der Waals surface area (Å²) < 4.78 is 27.4. The molecule has 1 aromatic heterocycles. The summed E-state index contributed by atoms with van der Waals surface area (Å²) in [5, 5.41) is 5.66. The Kier molecular flexibility index (Phi) is 3.61. The Labute approximate surface area is 109 Å². The molecule has 0 fully saturated rings. The molecule has 0 aliphatic carbocycles. The van der Waals surface area contributed by atoms with Crippen LogP contribution in [0.4, 0.5) is 14.5 Å². The van der Waals surface area contributed by atoms with Crippen LogP contribution in [0.25, 0.3) is 0 Å². The highest BCUT2D eigenvalue weighted by Crippen LogP contribution is 2.26. The second kappa shape index (κ2) is 5.02. The largest absolute Gasteiger partial charge is 0.372 e. The SMILES string of the molecule is Cc1nc(C(C)Nc2c(F)ccc(C)c2F)cs1. The fraction of sp³-hybridized carbons (Fsp3) is 0.308. The van der Waals surface area contributed by atoms with Gasteiger partial charge in [-0.3, -0.25) is 0 Å². The second-order valence-electron chi connectivity index (χ2n) is 4.21. The lowest BCUT2D eigenvalue weighted by molar-refractivity contribution is 0.578. The molecule has 5 heteroatoms. The Morgan fingerprint density at radius 3 is 2.61 bits per heavy atom. The average Bonchev–Trinajstić information content (AvgIpc) is 2.76. The summed E-state index contributed by atoms with van der Waals surface area (Å²) in [7, 11) is 0. The molecule has 0 radical (unpaired) electrons.